The van der Waals surface area contributed by atoms with Crippen LogP contribution >= 0.6 is 0 Å². The Kier molecular flexibility index (Phi) is 6.85. The van der Waals surface area contributed by atoms with Crippen molar-refractivity contribution in [2.75, 3.05) is 24.6 Å². The first kappa shape index (κ1) is 21.6. The lowest BCUT2D eigenvalue weighted by atomic mass is 10.0. The molecule has 3 aromatic rings. The quantitative estimate of drug-likeness (QED) is 0.576. The number of anilines is 1. The summed E-state index contributed by atoms with van der Waals surface area (Å²) >= 11 is 0. The zero-order valence-corrected chi connectivity index (χ0v) is 18.3. The number of hydrogen-bond acceptors (Lipinski definition) is 3. The molecule has 4 rings (SSSR count). The molecule has 2 amide bonds. The highest BCUT2D eigenvalue weighted by Crippen LogP contribution is 2.26. The molecular weight excluding hydrogens is 400 g/mol. The van der Waals surface area contributed by atoms with Crippen LogP contribution in [0.2, 0.25) is 0 Å². The van der Waals surface area contributed by atoms with Gasteiger partial charge in [0, 0.05) is 31.1 Å². The lowest BCUT2D eigenvalue weighted by Crippen LogP contribution is -2.32. The standard InChI is InChI=1S/C27H28N2O3/c1-2-32-25-14-12-24(13-15-25)29-19-21(17-27(29)31)18-28-26(30)16-20-8-10-23(11-9-20)22-6-4-3-5-7-22/h3-15,21H,2,16-19H2,1H3,(H,28,30). The third-order valence-corrected chi connectivity index (χ3v) is 5.68. The SMILES string of the molecule is CCOc1ccc(N2CC(CNC(=O)Cc3ccc(-c4ccccc4)cc3)CC2=O)cc1. The molecule has 1 aliphatic heterocycles. The summed E-state index contributed by atoms with van der Waals surface area (Å²) in [6.07, 6.45) is 0.775. The lowest BCUT2D eigenvalue weighted by molar-refractivity contribution is -0.121. The summed E-state index contributed by atoms with van der Waals surface area (Å²) in [4.78, 5) is 26.7. The van der Waals surface area contributed by atoms with Crippen molar-refractivity contribution >= 4 is 17.5 Å². The number of benzene rings is 3. The highest BCUT2D eigenvalue weighted by atomic mass is 16.5. The first-order valence-electron chi connectivity index (χ1n) is 11.1. The van der Waals surface area contributed by atoms with Crippen LogP contribution in [0.15, 0.2) is 78.9 Å². The second kappa shape index (κ2) is 10.1. The average molecular weight is 429 g/mol. The van der Waals surface area contributed by atoms with E-state index in [1.807, 2.05) is 73.7 Å². The molecule has 32 heavy (non-hydrogen) atoms. The number of nitrogens with one attached hydrogen (secondary N) is 1. The van der Waals surface area contributed by atoms with E-state index in [-0.39, 0.29) is 17.7 Å². The van der Waals surface area contributed by atoms with Gasteiger partial charge in [-0.05, 0) is 47.9 Å². The van der Waals surface area contributed by atoms with Crippen molar-refractivity contribution in [2.24, 2.45) is 5.92 Å². The molecule has 5 heteroatoms. The van der Waals surface area contributed by atoms with E-state index in [2.05, 4.69) is 17.4 Å². The van der Waals surface area contributed by atoms with E-state index in [1.165, 1.54) is 0 Å². The summed E-state index contributed by atoms with van der Waals surface area (Å²) in [5, 5.41) is 3.00. The smallest absolute Gasteiger partial charge is 0.227 e. The fourth-order valence-electron chi connectivity index (χ4n) is 4.01. The number of hydrogen-bond donors (Lipinski definition) is 1. The largest absolute Gasteiger partial charge is 0.494 e. The summed E-state index contributed by atoms with van der Waals surface area (Å²) in [6.45, 7) is 3.66. The first-order valence-corrected chi connectivity index (χ1v) is 11.1. The van der Waals surface area contributed by atoms with Crippen LogP contribution in [-0.2, 0) is 16.0 Å². The molecule has 0 radical (unpaired) electrons. The van der Waals surface area contributed by atoms with Crippen LogP contribution in [0.4, 0.5) is 5.69 Å². The molecule has 5 nitrogen and oxygen atoms in total. The van der Waals surface area contributed by atoms with Gasteiger partial charge in [-0.3, -0.25) is 9.59 Å². The molecule has 1 atom stereocenters. The fourth-order valence-corrected chi connectivity index (χ4v) is 4.01. The van der Waals surface area contributed by atoms with Gasteiger partial charge in [-0.2, -0.15) is 0 Å². The van der Waals surface area contributed by atoms with Crippen molar-refractivity contribution in [3.8, 4) is 16.9 Å². The van der Waals surface area contributed by atoms with Gasteiger partial charge in [-0.15, -0.1) is 0 Å². The van der Waals surface area contributed by atoms with E-state index >= 15 is 0 Å². The van der Waals surface area contributed by atoms with Gasteiger partial charge in [0.05, 0.1) is 13.0 Å². The van der Waals surface area contributed by atoms with Gasteiger partial charge in [0.15, 0.2) is 0 Å². The molecule has 0 aromatic heterocycles. The van der Waals surface area contributed by atoms with E-state index in [9.17, 15) is 9.59 Å². The van der Waals surface area contributed by atoms with Crippen LogP contribution in [0.5, 0.6) is 5.75 Å². The predicted octanol–water partition coefficient (Wildman–Crippen LogP) is 4.46. The maximum atomic E-state index is 12.5. The molecule has 0 bridgehead atoms. The molecule has 0 spiro atoms. The third-order valence-electron chi connectivity index (χ3n) is 5.68. The van der Waals surface area contributed by atoms with Crippen LogP contribution in [0, 0.1) is 5.92 Å². The van der Waals surface area contributed by atoms with Gasteiger partial charge in [0.1, 0.15) is 5.75 Å². The van der Waals surface area contributed by atoms with E-state index in [4.69, 9.17) is 4.74 Å². The summed E-state index contributed by atoms with van der Waals surface area (Å²) in [5.74, 6) is 0.969. The molecule has 3 aromatic carbocycles. The zero-order valence-electron chi connectivity index (χ0n) is 18.3. The minimum Gasteiger partial charge on any atom is -0.494 e. The minimum atomic E-state index is -0.0237. The topological polar surface area (TPSA) is 58.6 Å². The Morgan fingerprint density at radius 2 is 1.66 bits per heavy atom. The monoisotopic (exact) mass is 428 g/mol. The van der Waals surface area contributed by atoms with E-state index < -0.39 is 0 Å². The second-order valence-corrected chi connectivity index (χ2v) is 8.05. The summed E-state index contributed by atoms with van der Waals surface area (Å²) in [6, 6.07) is 25.8. The van der Waals surface area contributed by atoms with Crippen LogP contribution in [0.1, 0.15) is 18.9 Å². The van der Waals surface area contributed by atoms with Crippen LogP contribution in [-0.4, -0.2) is 31.5 Å². The van der Waals surface area contributed by atoms with Crippen LogP contribution in [0.25, 0.3) is 11.1 Å². The first-order chi connectivity index (χ1) is 15.6. The molecule has 1 fully saturated rings. The molecule has 164 valence electrons. The van der Waals surface area contributed by atoms with Crippen molar-refractivity contribution in [3.05, 3.63) is 84.4 Å². The molecule has 1 aliphatic rings. The predicted molar refractivity (Wildman–Crippen MR) is 127 cm³/mol. The Morgan fingerprint density at radius 1 is 0.969 bits per heavy atom. The maximum Gasteiger partial charge on any atom is 0.227 e. The fraction of sp³-hybridized carbons (Fsp3) is 0.259. The van der Waals surface area contributed by atoms with Gasteiger partial charge in [-0.25, -0.2) is 0 Å². The molecule has 0 saturated carbocycles. The Morgan fingerprint density at radius 3 is 2.34 bits per heavy atom. The van der Waals surface area contributed by atoms with Gasteiger partial charge >= 0.3 is 0 Å². The Labute approximate surface area is 189 Å². The van der Waals surface area contributed by atoms with E-state index in [0.29, 0.717) is 32.5 Å². The van der Waals surface area contributed by atoms with Crippen molar-refractivity contribution in [3.63, 3.8) is 0 Å². The van der Waals surface area contributed by atoms with Gasteiger partial charge in [0.2, 0.25) is 11.8 Å². The van der Waals surface area contributed by atoms with Gasteiger partial charge in [0.25, 0.3) is 0 Å². The molecule has 1 heterocycles. The van der Waals surface area contributed by atoms with E-state index in [0.717, 1.165) is 28.1 Å². The second-order valence-electron chi connectivity index (χ2n) is 8.05. The van der Waals surface area contributed by atoms with Crippen LogP contribution in [0.3, 0.4) is 0 Å². The number of carbonyl (C=O) groups is 2. The highest BCUT2D eigenvalue weighted by molar-refractivity contribution is 5.95. The molecule has 1 saturated heterocycles. The number of ether oxygens (including phenoxy) is 1. The number of carbonyl (C=O) groups excluding carboxylic acids is 2. The zero-order chi connectivity index (χ0) is 22.3. The minimum absolute atomic E-state index is 0.0237. The molecule has 0 aliphatic carbocycles. The summed E-state index contributed by atoms with van der Waals surface area (Å²) in [5.41, 5.74) is 4.13. The highest BCUT2D eigenvalue weighted by Gasteiger charge is 2.30. The number of amides is 2. The average Bonchev–Trinajstić information content (AvgIpc) is 3.20. The normalized spacial score (nSPS) is 15.6. The van der Waals surface area contributed by atoms with Crippen molar-refractivity contribution < 1.29 is 14.3 Å². The van der Waals surface area contributed by atoms with Crippen molar-refractivity contribution in [1.82, 2.24) is 5.32 Å². The Balaban J connectivity index is 1.26. The summed E-state index contributed by atoms with van der Waals surface area (Å²) < 4.78 is 5.46. The molecule has 1 N–H and O–H groups in total. The van der Waals surface area contributed by atoms with Crippen molar-refractivity contribution in [1.29, 1.82) is 0 Å². The summed E-state index contributed by atoms with van der Waals surface area (Å²) in [7, 11) is 0. The van der Waals surface area contributed by atoms with Crippen molar-refractivity contribution in [2.45, 2.75) is 19.8 Å². The lowest BCUT2D eigenvalue weighted by Gasteiger charge is -2.17. The number of nitrogens with zero attached hydrogens (tertiary/aromatic N) is 1. The van der Waals surface area contributed by atoms with E-state index in [1.54, 1.807) is 4.90 Å². The maximum absolute atomic E-state index is 12.5. The molecule has 1 unspecified atom stereocenters. The van der Waals surface area contributed by atoms with Gasteiger partial charge < -0.3 is 15.0 Å². The van der Waals surface area contributed by atoms with Gasteiger partial charge in [-0.1, -0.05) is 54.6 Å². The third kappa shape index (κ3) is 5.35. The molecular formula is C27H28N2O3. The van der Waals surface area contributed by atoms with Crippen LogP contribution < -0.4 is 15.0 Å². The number of rotatable bonds is 8. The Bertz CT molecular complexity index is 1050. The Hall–Kier alpha value is -3.60.